The van der Waals surface area contributed by atoms with Gasteiger partial charge in [0.05, 0.1) is 89.6 Å². The molecule has 6 aromatic rings. The number of ether oxygens (including phenoxy) is 3. The van der Waals surface area contributed by atoms with Crippen molar-refractivity contribution < 1.29 is 23.8 Å². The number of amides is 2. The first-order valence-electron chi connectivity index (χ1n) is 29.1. The van der Waals surface area contributed by atoms with Gasteiger partial charge < -0.3 is 45.3 Å². The molecule has 2 amide bonds. The Balaban J connectivity index is 0.737. The molecule has 4 N–H and O–H groups in total. The monoisotopic (exact) mass is 1100 g/mol. The molecule has 2 saturated carbocycles. The molecule has 0 radical (unpaired) electrons. The van der Waals surface area contributed by atoms with E-state index in [0.717, 1.165) is 102 Å². The molecule has 3 fully saturated rings. The number of pyridine rings is 2. The second-order valence-corrected chi connectivity index (χ2v) is 23.7. The number of fused-ring (bicyclic) bond motifs is 14. The van der Waals surface area contributed by atoms with Gasteiger partial charge in [-0.15, -0.1) is 0 Å². The molecule has 1 saturated heterocycles. The number of hydrogen-bond acceptors (Lipinski definition) is 16. The molecule has 20 heteroatoms. The van der Waals surface area contributed by atoms with Gasteiger partial charge in [0.15, 0.2) is 0 Å². The van der Waals surface area contributed by atoms with Crippen molar-refractivity contribution in [1.82, 2.24) is 34.4 Å². The van der Waals surface area contributed by atoms with E-state index in [4.69, 9.17) is 39.3 Å². The van der Waals surface area contributed by atoms with Crippen molar-refractivity contribution >= 4 is 57.9 Å². The van der Waals surface area contributed by atoms with Crippen LogP contribution in [-0.4, -0.2) is 123 Å². The molecule has 2 aliphatic carbocycles. The maximum absolute atomic E-state index is 14.5. The Morgan fingerprint density at radius 3 is 2.04 bits per heavy atom. The quantitative estimate of drug-likeness (QED) is 0.0954. The average molecular weight is 1100 g/mol. The van der Waals surface area contributed by atoms with Crippen LogP contribution in [0.15, 0.2) is 76.8 Å². The van der Waals surface area contributed by atoms with Gasteiger partial charge in [0.25, 0.3) is 11.8 Å². The summed E-state index contributed by atoms with van der Waals surface area (Å²) < 4.78 is 22.1. The lowest BCUT2D eigenvalue weighted by Gasteiger charge is -2.28. The highest BCUT2D eigenvalue weighted by Crippen LogP contribution is 2.44. The van der Waals surface area contributed by atoms with Crippen LogP contribution in [0.2, 0.25) is 0 Å². The van der Waals surface area contributed by atoms with E-state index in [0.29, 0.717) is 115 Å². The molecule has 20 nitrogen and oxygen atoms in total. The fourth-order valence-electron chi connectivity index (χ4n) is 12.5. The van der Waals surface area contributed by atoms with Gasteiger partial charge in [0, 0.05) is 80.2 Å². The molecule has 9 heterocycles. The molecule has 4 bridgehead atoms. The number of aryl methyl sites for hydroxylation is 4. The second-order valence-electron chi connectivity index (χ2n) is 23.7. The van der Waals surface area contributed by atoms with Crippen LogP contribution in [0.25, 0.3) is 22.5 Å². The lowest BCUT2D eigenvalue weighted by Crippen LogP contribution is -2.40. The lowest BCUT2D eigenvalue weighted by atomic mass is 9.96. The van der Waals surface area contributed by atoms with Crippen molar-refractivity contribution in [1.29, 1.82) is 0 Å². The Labute approximate surface area is 472 Å². The summed E-state index contributed by atoms with van der Waals surface area (Å²) in [5.74, 6) is 3.77. The van der Waals surface area contributed by atoms with Crippen LogP contribution in [0, 0.1) is 37.5 Å². The average Bonchev–Trinajstić information content (AvgIpc) is 4.53. The molecule has 4 aromatic heterocycles. The van der Waals surface area contributed by atoms with E-state index in [2.05, 4.69) is 91.4 Å². The third kappa shape index (κ3) is 11.3. The van der Waals surface area contributed by atoms with Gasteiger partial charge in [0.1, 0.15) is 0 Å². The van der Waals surface area contributed by atoms with Crippen LogP contribution in [0.1, 0.15) is 103 Å². The molecule has 81 heavy (non-hydrogen) atoms. The van der Waals surface area contributed by atoms with Crippen LogP contribution in [0.5, 0.6) is 11.8 Å². The van der Waals surface area contributed by atoms with Crippen molar-refractivity contribution in [2.75, 3.05) is 84.2 Å². The van der Waals surface area contributed by atoms with Crippen molar-refractivity contribution in [3.8, 4) is 34.3 Å². The number of rotatable bonds is 11. The molecular weight excluding hydrogens is 1020 g/mol. The summed E-state index contributed by atoms with van der Waals surface area (Å²) in [6, 6.07) is 20.2. The predicted molar refractivity (Wildman–Crippen MR) is 315 cm³/mol. The molecule has 0 spiro atoms. The largest absolute Gasteiger partial charge is 0.477 e. The van der Waals surface area contributed by atoms with E-state index in [1.165, 1.54) is 25.7 Å². The van der Waals surface area contributed by atoms with Gasteiger partial charge in [-0.2, -0.15) is 20.2 Å². The second kappa shape index (κ2) is 21.9. The first-order valence-corrected chi connectivity index (χ1v) is 29.1. The van der Waals surface area contributed by atoms with Crippen molar-refractivity contribution in [2.45, 2.75) is 97.2 Å². The number of hydrogen-bond donors (Lipinski definition) is 4. The van der Waals surface area contributed by atoms with Crippen LogP contribution in [-0.2, 0) is 25.4 Å². The molecule has 7 aliphatic rings. The minimum absolute atomic E-state index is 0.0150. The van der Waals surface area contributed by atoms with Crippen LogP contribution >= 0.6 is 0 Å². The van der Waals surface area contributed by atoms with E-state index in [-0.39, 0.29) is 23.9 Å². The van der Waals surface area contributed by atoms with Gasteiger partial charge in [0.2, 0.25) is 23.7 Å². The minimum atomic E-state index is -0.349. The Kier molecular flexibility index (Phi) is 14.2. The van der Waals surface area contributed by atoms with Crippen LogP contribution < -0.4 is 40.5 Å². The number of carbonyl (C=O) groups excluding carboxylic acids is 2. The van der Waals surface area contributed by atoms with Crippen molar-refractivity contribution in [3.05, 3.63) is 95.1 Å². The zero-order chi connectivity index (χ0) is 55.5. The van der Waals surface area contributed by atoms with Crippen molar-refractivity contribution in [3.63, 3.8) is 0 Å². The number of benzene rings is 2. The molecule has 2 aromatic carbocycles. The number of guanidine groups is 2. The number of nitrogens with zero attached hydrogens (tertiary/aromatic N) is 11. The summed E-state index contributed by atoms with van der Waals surface area (Å²) in [6.07, 6.45) is 11.5. The first-order chi connectivity index (χ1) is 39.3. The Morgan fingerprint density at radius 2 is 1.36 bits per heavy atom. The Bertz CT molecular complexity index is 3470. The highest BCUT2D eigenvalue weighted by atomic mass is 16.5. The minimum Gasteiger partial charge on any atom is -0.477 e. The zero-order valence-corrected chi connectivity index (χ0v) is 47.3. The summed E-state index contributed by atoms with van der Waals surface area (Å²) in [6.45, 7) is 11.1. The zero-order valence-electron chi connectivity index (χ0n) is 47.3. The fourth-order valence-corrected chi connectivity index (χ4v) is 12.5. The van der Waals surface area contributed by atoms with Gasteiger partial charge in [-0.3, -0.25) is 24.5 Å². The summed E-state index contributed by atoms with van der Waals surface area (Å²) in [4.78, 5) is 54.8. The number of likely N-dealkylation sites (N-methyl/N-ethyl adjacent to an activating group) is 1. The van der Waals surface area contributed by atoms with Gasteiger partial charge >= 0.3 is 0 Å². The summed E-state index contributed by atoms with van der Waals surface area (Å²) in [5.41, 5.74) is 11.6. The van der Waals surface area contributed by atoms with Gasteiger partial charge in [-0.05, 0) is 157 Å². The topological polar surface area (TPSA) is 206 Å². The first kappa shape index (κ1) is 52.5. The van der Waals surface area contributed by atoms with E-state index in [1.54, 1.807) is 23.0 Å². The smallest absolute Gasteiger partial charge is 0.280 e. The Hall–Kier alpha value is -7.84. The number of anilines is 6. The fraction of sp³-hybridized carbons (Fsp3) is 0.475. The number of aromatic nitrogens is 6. The van der Waals surface area contributed by atoms with Crippen LogP contribution in [0.3, 0.4) is 0 Å². The maximum atomic E-state index is 14.5. The molecule has 13 rings (SSSR count). The van der Waals surface area contributed by atoms with E-state index < -0.39 is 0 Å². The SMILES string of the molecule is Cc1cc2cc(n1)-c1cnn(C)c1OCCCC(C1CC1)CN1/C(=N/C2=O)Nc2cc(NC(C)CN(C)Cc3nn(C)c4c3-c3cc(cc(C)n3)C(=O)/N=C3\Nc5cc(NC6COC6)ccc5N3CC(CC3CC3)CCCO4)ccc21. The number of aliphatic imine (C=N–C) groups is 2. The predicted octanol–water partition coefficient (Wildman–Crippen LogP) is 9.28. The lowest BCUT2D eigenvalue weighted by molar-refractivity contribution is 0.0211. The van der Waals surface area contributed by atoms with Gasteiger partial charge in [-0.1, -0.05) is 12.8 Å². The summed E-state index contributed by atoms with van der Waals surface area (Å²) in [7, 11) is 5.88. The van der Waals surface area contributed by atoms with E-state index in [9.17, 15) is 9.59 Å². The highest BCUT2D eigenvalue weighted by molar-refractivity contribution is 6.20. The standard InChI is InChI=1S/C61H73N15O5/c1-35-21-42-24-48(64-35)47-28-62-73(5)58(47)80-20-8-10-41(40-13-14-40)31-76-54-17-15-44(26-49(54)68-61(76)70-56(42)77)63-37(3)29-72(4)32-52-55-51-25-43(22-36(2)65-51)57(78)69-60-67-50-27-45(66-46-33-79-34-46)16-18-53(50)75(60)30-39(23-38-11-12-38)9-7-19-81-59(55)74(6)71-52/h15-18,21-22,24-28,37-41,46,63,66H,7-14,19-20,23,29-34H2,1-6H3,(H,67,69,78)(H,68,70,77). The van der Waals surface area contributed by atoms with Crippen molar-refractivity contribution in [2.24, 2.45) is 47.8 Å². The summed E-state index contributed by atoms with van der Waals surface area (Å²) in [5, 5.41) is 24.0. The molecule has 3 atom stereocenters. The van der Waals surface area contributed by atoms with Gasteiger partial charge in [-0.25, -0.2) is 9.36 Å². The highest BCUT2D eigenvalue weighted by Gasteiger charge is 2.37. The van der Waals surface area contributed by atoms with Crippen LogP contribution in [0.4, 0.5) is 34.1 Å². The molecule has 422 valence electrons. The normalized spacial score (nSPS) is 21.9. The van der Waals surface area contributed by atoms with E-state index >= 15 is 0 Å². The third-order valence-electron chi connectivity index (χ3n) is 16.8. The molecule has 3 unspecified atom stereocenters. The maximum Gasteiger partial charge on any atom is 0.280 e. The number of carbonyl (C=O) groups is 2. The third-order valence-corrected chi connectivity index (χ3v) is 16.8. The Morgan fingerprint density at radius 1 is 0.716 bits per heavy atom. The number of nitrogens with one attached hydrogen (secondary N) is 4. The molecular formula is C61H73N15O5. The molecule has 5 aliphatic heterocycles. The van der Waals surface area contributed by atoms with E-state index in [1.807, 2.05) is 44.8 Å². The summed E-state index contributed by atoms with van der Waals surface area (Å²) >= 11 is 0.